The normalized spacial score (nSPS) is 10.1. The van der Waals surface area contributed by atoms with Gasteiger partial charge in [-0.05, 0) is 90.6 Å². The topological polar surface area (TPSA) is 51.2 Å². The predicted octanol–water partition coefficient (Wildman–Crippen LogP) is 4.92. The maximum Gasteiger partial charge on any atom is 0.219 e. The number of rotatable bonds is 6. The van der Waals surface area contributed by atoms with Crippen LogP contribution in [0.25, 0.3) is 0 Å². The van der Waals surface area contributed by atoms with Gasteiger partial charge in [-0.1, -0.05) is 13.2 Å². The van der Waals surface area contributed by atoms with Gasteiger partial charge >= 0.3 is 0 Å². The number of thioether (sulfide) groups is 2. The van der Waals surface area contributed by atoms with E-state index in [1.165, 1.54) is 6.08 Å². The third-order valence-electron chi connectivity index (χ3n) is 3.18. The fourth-order valence-corrected chi connectivity index (χ4v) is 3.12. The van der Waals surface area contributed by atoms with Crippen LogP contribution in [0.15, 0.2) is 83.1 Å². The van der Waals surface area contributed by atoms with Crippen molar-refractivity contribution in [3.05, 3.63) is 84.5 Å². The van der Waals surface area contributed by atoms with Crippen molar-refractivity contribution >= 4 is 39.5 Å². The van der Waals surface area contributed by atoms with Gasteiger partial charge in [0.2, 0.25) is 10.2 Å². The number of carbonyl (C=O) groups is 3. The Labute approximate surface area is 155 Å². The lowest BCUT2D eigenvalue weighted by Gasteiger charge is -2.04. The van der Waals surface area contributed by atoms with Crippen LogP contribution in [0.1, 0.15) is 22.8 Å². The van der Waals surface area contributed by atoms with Crippen molar-refractivity contribution in [2.45, 2.75) is 16.7 Å². The highest BCUT2D eigenvalue weighted by atomic mass is 32.2. The van der Waals surface area contributed by atoms with E-state index < -0.39 is 0 Å². The molecule has 0 heterocycles. The largest absolute Gasteiger partial charge is 0.289 e. The van der Waals surface area contributed by atoms with E-state index in [-0.39, 0.29) is 16.0 Å². The van der Waals surface area contributed by atoms with Gasteiger partial charge in [-0.15, -0.1) is 0 Å². The molecule has 0 bridgehead atoms. The zero-order valence-electron chi connectivity index (χ0n) is 13.7. The molecule has 0 spiro atoms. The van der Waals surface area contributed by atoms with Crippen LogP contribution in [0.5, 0.6) is 0 Å². The molecule has 0 aliphatic rings. The fraction of sp³-hybridized carbons (Fsp3) is 0.0500. The van der Waals surface area contributed by atoms with Crippen molar-refractivity contribution in [1.82, 2.24) is 0 Å². The second kappa shape index (κ2) is 8.65. The minimum Gasteiger partial charge on any atom is -0.289 e. The number of benzene rings is 2. The van der Waals surface area contributed by atoms with Crippen LogP contribution in [0.4, 0.5) is 0 Å². The summed E-state index contributed by atoms with van der Waals surface area (Å²) in [7, 11) is 0. The first kappa shape index (κ1) is 19.0. The molecule has 0 radical (unpaired) electrons. The first-order valence-electron chi connectivity index (χ1n) is 7.37. The highest BCUT2D eigenvalue weighted by molar-refractivity contribution is 8.14. The van der Waals surface area contributed by atoms with E-state index >= 15 is 0 Å². The molecule has 0 aromatic heterocycles. The van der Waals surface area contributed by atoms with Crippen molar-refractivity contribution < 1.29 is 14.4 Å². The third-order valence-corrected chi connectivity index (χ3v) is 5.09. The van der Waals surface area contributed by atoms with Gasteiger partial charge in [-0.2, -0.15) is 0 Å². The average Bonchev–Trinajstić information content (AvgIpc) is 2.62. The first-order chi connectivity index (χ1) is 11.9. The molecule has 0 N–H and O–H groups in total. The van der Waals surface area contributed by atoms with Gasteiger partial charge in [0.25, 0.3) is 0 Å². The second-order valence-corrected chi connectivity index (χ2v) is 7.30. The summed E-state index contributed by atoms with van der Waals surface area (Å²) in [5, 5.41) is -0.238. The van der Waals surface area contributed by atoms with Gasteiger partial charge in [0.1, 0.15) is 0 Å². The van der Waals surface area contributed by atoms with Crippen LogP contribution in [0.3, 0.4) is 0 Å². The highest BCUT2D eigenvalue weighted by Crippen LogP contribution is 2.24. The quantitative estimate of drug-likeness (QED) is 0.412. The van der Waals surface area contributed by atoms with Gasteiger partial charge in [-0.25, -0.2) is 0 Å². The maximum absolute atomic E-state index is 12.5. The van der Waals surface area contributed by atoms with Crippen LogP contribution < -0.4 is 0 Å². The standard InChI is InChI=1S/C20H16O3S2/c1-4-18(21)24-16-9-5-14(6-10-16)19(22)15-7-11-17(12-8-15)25-20(23)13(2)3/h4-12H,1-2H2,3H3. The number of carbonyl (C=O) groups excluding carboxylic acids is 3. The summed E-state index contributed by atoms with van der Waals surface area (Å²) in [5.41, 5.74) is 1.56. The molecule has 0 saturated heterocycles. The summed E-state index contributed by atoms with van der Waals surface area (Å²) in [4.78, 5) is 37.0. The lowest BCUT2D eigenvalue weighted by molar-refractivity contribution is -0.108. The molecule has 2 rings (SSSR count). The summed E-state index contributed by atoms with van der Waals surface area (Å²) in [5.74, 6) is -0.116. The molecule has 126 valence electrons. The van der Waals surface area contributed by atoms with Crippen molar-refractivity contribution in [2.24, 2.45) is 0 Å². The zero-order valence-corrected chi connectivity index (χ0v) is 15.3. The first-order valence-corrected chi connectivity index (χ1v) is 9.01. The van der Waals surface area contributed by atoms with E-state index in [1.807, 2.05) is 0 Å². The van der Waals surface area contributed by atoms with Crippen LogP contribution >= 0.6 is 23.5 Å². The van der Waals surface area contributed by atoms with Crippen molar-refractivity contribution in [3.8, 4) is 0 Å². The number of hydrogen-bond acceptors (Lipinski definition) is 5. The Bertz CT molecular complexity index is 834. The Kier molecular flexibility index (Phi) is 6.56. The molecule has 5 heteroatoms. The lowest BCUT2D eigenvalue weighted by Crippen LogP contribution is -2.01. The van der Waals surface area contributed by atoms with Gasteiger partial charge < -0.3 is 0 Å². The Morgan fingerprint density at radius 3 is 1.68 bits per heavy atom. The average molecular weight is 368 g/mol. The fourth-order valence-electron chi connectivity index (χ4n) is 1.87. The van der Waals surface area contributed by atoms with E-state index in [0.29, 0.717) is 16.7 Å². The third kappa shape index (κ3) is 5.31. The van der Waals surface area contributed by atoms with E-state index in [0.717, 1.165) is 33.3 Å². The van der Waals surface area contributed by atoms with Crippen molar-refractivity contribution in [2.75, 3.05) is 0 Å². The number of hydrogen-bond donors (Lipinski definition) is 0. The molecule has 0 unspecified atom stereocenters. The Hall–Kier alpha value is -2.37. The lowest BCUT2D eigenvalue weighted by atomic mass is 10.0. The predicted molar refractivity (Wildman–Crippen MR) is 103 cm³/mol. The van der Waals surface area contributed by atoms with Crippen LogP contribution in [0.2, 0.25) is 0 Å². The van der Waals surface area contributed by atoms with Gasteiger partial charge in [0.05, 0.1) is 0 Å². The minimum atomic E-state index is -0.142. The summed E-state index contributed by atoms with van der Waals surface area (Å²) in [6, 6.07) is 13.7. The smallest absolute Gasteiger partial charge is 0.219 e. The van der Waals surface area contributed by atoms with Gasteiger partial charge in [0, 0.05) is 20.9 Å². The summed E-state index contributed by atoms with van der Waals surface area (Å²) >= 11 is 2.14. The molecule has 0 amide bonds. The minimum absolute atomic E-state index is 0.0961. The molecule has 0 aliphatic carbocycles. The molecule has 0 saturated carbocycles. The molecule has 0 fully saturated rings. The molecule has 0 atom stereocenters. The monoisotopic (exact) mass is 368 g/mol. The Morgan fingerprint density at radius 2 is 1.28 bits per heavy atom. The van der Waals surface area contributed by atoms with Gasteiger partial charge in [0.15, 0.2) is 5.78 Å². The number of ketones is 1. The summed E-state index contributed by atoms with van der Waals surface area (Å²) in [6.45, 7) is 8.70. The van der Waals surface area contributed by atoms with Crippen molar-refractivity contribution in [3.63, 3.8) is 0 Å². The van der Waals surface area contributed by atoms with Crippen LogP contribution in [-0.2, 0) is 9.59 Å². The van der Waals surface area contributed by atoms with Crippen molar-refractivity contribution in [1.29, 1.82) is 0 Å². The highest BCUT2D eigenvalue weighted by Gasteiger charge is 2.11. The van der Waals surface area contributed by atoms with E-state index in [9.17, 15) is 14.4 Å². The van der Waals surface area contributed by atoms with Gasteiger partial charge in [-0.3, -0.25) is 14.4 Å². The van der Waals surface area contributed by atoms with Crippen LogP contribution in [-0.4, -0.2) is 16.0 Å². The summed E-state index contributed by atoms with van der Waals surface area (Å²) < 4.78 is 0. The molecular formula is C20H16O3S2. The second-order valence-electron chi connectivity index (χ2n) is 5.17. The van der Waals surface area contributed by atoms with E-state index in [2.05, 4.69) is 13.2 Å². The molecule has 2 aromatic rings. The molecular weight excluding hydrogens is 352 g/mol. The Balaban J connectivity index is 2.09. The van der Waals surface area contributed by atoms with E-state index in [4.69, 9.17) is 0 Å². The maximum atomic E-state index is 12.5. The zero-order chi connectivity index (χ0) is 18.4. The molecule has 0 aliphatic heterocycles. The molecule has 2 aromatic carbocycles. The Morgan fingerprint density at radius 1 is 0.840 bits per heavy atom. The molecule has 3 nitrogen and oxygen atoms in total. The molecule has 25 heavy (non-hydrogen) atoms. The summed E-state index contributed by atoms with van der Waals surface area (Å²) in [6.07, 6.45) is 1.25. The van der Waals surface area contributed by atoms with E-state index in [1.54, 1.807) is 55.5 Å². The SMILES string of the molecule is C=CC(=O)Sc1ccc(C(=O)c2ccc(SC(=O)C(=C)C)cc2)cc1. The van der Waals surface area contributed by atoms with Crippen LogP contribution in [0, 0.1) is 0 Å².